The summed E-state index contributed by atoms with van der Waals surface area (Å²) in [6.07, 6.45) is 0. The summed E-state index contributed by atoms with van der Waals surface area (Å²) >= 11 is 0. The molecule has 0 aromatic heterocycles. The SMILES string of the molecule is [C-]#[N+]CC(=O)Oc1ccccc1. The van der Waals surface area contributed by atoms with Gasteiger partial charge in [0, 0.05) is 0 Å². The van der Waals surface area contributed by atoms with E-state index in [-0.39, 0.29) is 6.54 Å². The average molecular weight is 161 g/mol. The van der Waals surface area contributed by atoms with Crippen LogP contribution in [-0.2, 0) is 4.79 Å². The van der Waals surface area contributed by atoms with Crippen LogP contribution in [0.3, 0.4) is 0 Å². The lowest BCUT2D eigenvalue weighted by Gasteiger charge is -1.97. The van der Waals surface area contributed by atoms with Crippen LogP contribution < -0.4 is 4.74 Å². The fourth-order valence-electron chi connectivity index (χ4n) is 0.717. The van der Waals surface area contributed by atoms with Crippen molar-refractivity contribution in [1.29, 1.82) is 0 Å². The maximum atomic E-state index is 10.8. The zero-order chi connectivity index (χ0) is 8.81. The Kier molecular flexibility index (Phi) is 2.86. The van der Waals surface area contributed by atoms with E-state index in [1.165, 1.54) is 0 Å². The maximum Gasteiger partial charge on any atom is 0.392 e. The molecule has 0 aliphatic rings. The Morgan fingerprint density at radius 2 is 2.08 bits per heavy atom. The highest BCUT2D eigenvalue weighted by atomic mass is 16.5. The second-order valence-electron chi connectivity index (χ2n) is 2.10. The van der Waals surface area contributed by atoms with E-state index in [4.69, 9.17) is 11.3 Å². The molecule has 3 nitrogen and oxygen atoms in total. The van der Waals surface area contributed by atoms with E-state index in [9.17, 15) is 4.79 Å². The topological polar surface area (TPSA) is 30.7 Å². The number of benzene rings is 1. The second-order valence-corrected chi connectivity index (χ2v) is 2.10. The third-order valence-electron chi connectivity index (χ3n) is 1.18. The van der Waals surface area contributed by atoms with Crippen LogP contribution in [0.15, 0.2) is 30.3 Å². The molecule has 0 fully saturated rings. The summed E-state index contributed by atoms with van der Waals surface area (Å²) in [6.45, 7) is 6.20. The van der Waals surface area contributed by atoms with Gasteiger partial charge in [-0.2, -0.15) is 0 Å². The molecule has 0 aliphatic heterocycles. The van der Waals surface area contributed by atoms with E-state index in [0.717, 1.165) is 0 Å². The van der Waals surface area contributed by atoms with Gasteiger partial charge in [0.15, 0.2) is 0 Å². The van der Waals surface area contributed by atoms with Gasteiger partial charge < -0.3 is 9.58 Å². The molecule has 1 aromatic carbocycles. The molecule has 0 N–H and O–H groups in total. The maximum absolute atomic E-state index is 10.8. The van der Waals surface area contributed by atoms with E-state index >= 15 is 0 Å². The molecule has 0 radical (unpaired) electrons. The third kappa shape index (κ3) is 2.43. The number of hydrogen-bond donors (Lipinski definition) is 0. The largest absolute Gasteiger partial charge is 0.421 e. The summed E-state index contributed by atoms with van der Waals surface area (Å²) in [5.41, 5.74) is 0. The minimum absolute atomic E-state index is 0.227. The van der Waals surface area contributed by atoms with Crippen LogP contribution in [-0.4, -0.2) is 12.5 Å². The van der Waals surface area contributed by atoms with Crippen molar-refractivity contribution in [1.82, 2.24) is 0 Å². The van der Waals surface area contributed by atoms with Crippen LogP contribution >= 0.6 is 0 Å². The number of hydrogen-bond acceptors (Lipinski definition) is 2. The molecule has 60 valence electrons. The molecule has 1 aromatic rings. The van der Waals surface area contributed by atoms with Gasteiger partial charge in [-0.3, -0.25) is 0 Å². The predicted octanol–water partition coefficient (Wildman–Crippen LogP) is 1.51. The first-order valence-electron chi connectivity index (χ1n) is 3.42. The second kappa shape index (κ2) is 4.14. The zero-order valence-corrected chi connectivity index (χ0v) is 6.36. The number of ether oxygens (including phenoxy) is 1. The lowest BCUT2D eigenvalue weighted by molar-refractivity contribution is -0.132. The van der Waals surface area contributed by atoms with E-state index < -0.39 is 5.97 Å². The van der Waals surface area contributed by atoms with Crippen LogP contribution in [0.1, 0.15) is 0 Å². The zero-order valence-electron chi connectivity index (χ0n) is 6.36. The van der Waals surface area contributed by atoms with Gasteiger partial charge in [0.2, 0.25) is 0 Å². The quantitative estimate of drug-likeness (QED) is 0.374. The summed E-state index contributed by atoms with van der Waals surface area (Å²) in [4.78, 5) is 13.7. The molecule has 3 heteroatoms. The highest BCUT2D eigenvalue weighted by Gasteiger charge is 2.05. The molecule has 0 spiro atoms. The number of rotatable bonds is 2. The van der Waals surface area contributed by atoms with Crippen molar-refractivity contribution in [3.05, 3.63) is 41.7 Å². The fourth-order valence-corrected chi connectivity index (χ4v) is 0.717. The molecule has 0 aliphatic carbocycles. The summed E-state index contributed by atoms with van der Waals surface area (Å²) in [7, 11) is 0. The molecule has 0 amide bonds. The number of nitrogens with zero attached hydrogens (tertiary/aromatic N) is 1. The van der Waals surface area contributed by atoms with Crippen molar-refractivity contribution in [2.75, 3.05) is 6.54 Å². The van der Waals surface area contributed by atoms with Gasteiger partial charge in [-0.1, -0.05) is 18.2 Å². The number of esters is 1. The molecule has 0 unspecified atom stereocenters. The number of para-hydroxylation sites is 1. The summed E-state index contributed by atoms with van der Waals surface area (Å²) in [5, 5.41) is 0. The van der Waals surface area contributed by atoms with Crippen LogP contribution in [0.5, 0.6) is 5.75 Å². The van der Waals surface area contributed by atoms with Crippen LogP contribution in [0, 0.1) is 6.57 Å². The monoisotopic (exact) mass is 161 g/mol. The van der Waals surface area contributed by atoms with Gasteiger partial charge in [0.1, 0.15) is 5.75 Å². The Morgan fingerprint density at radius 3 is 2.67 bits per heavy atom. The summed E-state index contributed by atoms with van der Waals surface area (Å²) < 4.78 is 4.80. The molecule has 0 atom stereocenters. The molecule has 12 heavy (non-hydrogen) atoms. The Labute approximate surface area is 70.4 Å². The fraction of sp³-hybridized carbons (Fsp3) is 0.111. The number of carbonyl (C=O) groups excluding carboxylic acids is 1. The van der Waals surface area contributed by atoms with E-state index in [2.05, 4.69) is 4.85 Å². The molecular formula is C9H7NO2. The van der Waals surface area contributed by atoms with Gasteiger partial charge in [-0.05, 0) is 12.1 Å². The Morgan fingerprint density at radius 1 is 1.42 bits per heavy atom. The first-order valence-corrected chi connectivity index (χ1v) is 3.42. The summed E-state index contributed by atoms with van der Waals surface area (Å²) in [6, 6.07) is 8.69. The Balaban J connectivity index is 2.54. The summed E-state index contributed by atoms with van der Waals surface area (Å²) in [5.74, 6) is -0.0395. The predicted molar refractivity (Wildman–Crippen MR) is 43.5 cm³/mol. The average Bonchev–Trinajstić information content (AvgIpc) is 2.06. The van der Waals surface area contributed by atoms with Crippen molar-refractivity contribution in [3.8, 4) is 5.75 Å². The molecule has 0 saturated heterocycles. The highest BCUT2D eigenvalue weighted by molar-refractivity contribution is 5.75. The first kappa shape index (κ1) is 8.28. The van der Waals surface area contributed by atoms with Crippen LogP contribution in [0.4, 0.5) is 0 Å². The lowest BCUT2D eigenvalue weighted by Crippen LogP contribution is -2.09. The Hall–Kier alpha value is -1.82. The van der Waals surface area contributed by atoms with E-state index in [1.54, 1.807) is 24.3 Å². The van der Waals surface area contributed by atoms with Gasteiger partial charge >= 0.3 is 12.5 Å². The molecule has 0 bridgehead atoms. The molecular weight excluding hydrogens is 154 g/mol. The minimum atomic E-state index is -0.517. The highest BCUT2D eigenvalue weighted by Crippen LogP contribution is 2.07. The van der Waals surface area contributed by atoms with Gasteiger partial charge in [0.05, 0.1) is 0 Å². The number of carbonyl (C=O) groups is 1. The van der Waals surface area contributed by atoms with Crippen molar-refractivity contribution >= 4 is 5.97 Å². The van der Waals surface area contributed by atoms with Crippen molar-refractivity contribution in [3.63, 3.8) is 0 Å². The Bertz CT molecular complexity index is 300. The molecule has 0 saturated carbocycles. The molecule has 1 rings (SSSR count). The van der Waals surface area contributed by atoms with Crippen molar-refractivity contribution < 1.29 is 9.53 Å². The van der Waals surface area contributed by atoms with Gasteiger partial charge in [-0.15, -0.1) is 0 Å². The van der Waals surface area contributed by atoms with Crippen LogP contribution in [0.25, 0.3) is 4.85 Å². The third-order valence-corrected chi connectivity index (χ3v) is 1.18. The smallest absolute Gasteiger partial charge is 0.392 e. The van der Waals surface area contributed by atoms with E-state index in [0.29, 0.717) is 5.75 Å². The lowest BCUT2D eigenvalue weighted by atomic mass is 10.3. The standard InChI is InChI=1S/C9H7NO2/c1-10-7-9(11)12-8-5-3-2-4-6-8/h2-6H,7H2. The van der Waals surface area contributed by atoms with Crippen LogP contribution in [0.2, 0.25) is 0 Å². The first-order chi connectivity index (χ1) is 5.83. The van der Waals surface area contributed by atoms with E-state index in [1.807, 2.05) is 6.07 Å². The van der Waals surface area contributed by atoms with Crippen molar-refractivity contribution in [2.24, 2.45) is 0 Å². The molecule has 0 heterocycles. The minimum Gasteiger partial charge on any atom is -0.421 e. The van der Waals surface area contributed by atoms with Gasteiger partial charge in [-0.25, -0.2) is 11.4 Å². The normalized spacial score (nSPS) is 8.58. The van der Waals surface area contributed by atoms with Crippen molar-refractivity contribution in [2.45, 2.75) is 0 Å². The van der Waals surface area contributed by atoms with Gasteiger partial charge in [0.25, 0.3) is 0 Å².